The third kappa shape index (κ3) is 4.39. The lowest BCUT2D eigenvalue weighted by Crippen LogP contribution is -2.27. The minimum absolute atomic E-state index is 0.131. The molecule has 0 saturated carbocycles. The molecular weight excluding hydrogens is 291 g/mol. The summed E-state index contributed by atoms with van der Waals surface area (Å²) in [6.07, 6.45) is 0.131. The first-order chi connectivity index (χ1) is 10.1. The first kappa shape index (κ1) is 15.2. The van der Waals surface area contributed by atoms with Gasteiger partial charge >= 0.3 is 0 Å². The zero-order chi connectivity index (χ0) is 15.2. The van der Waals surface area contributed by atoms with Gasteiger partial charge < -0.3 is 10.6 Å². The van der Waals surface area contributed by atoms with Crippen LogP contribution in [-0.4, -0.2) is 18.4 Å². The molecule has 0 aliphatic carbocycles. The zero-order valence-electron chi connectivity index (χ0n) is 11.5. The molecule has 1 aromatic carbocycles. The Morgan fingerprint density at radius 2 is 2.10 bits per heavy atom. The summed E-state index contributed by atoms with van der Waals surface area (Å²) in [5.74, 6) is -0.873. The van der Waals surface area contributed by atoms with Crippen molar-refractivity contribution in [2.24, 2.45) is 0 Å². The summed E-state index contributed by atoms with van der Waals surface area (Å²) in [5.41, 5.74) is 1.82. The third-order valence-electron chi connectivity index (χ3n) is 2.89. The fourth-order valence-corrected chi connectivity index (χ4v) is 2.36. The monoisotopic (exact) mass is 306 g/mol. The summed E-state index contributed by atoms with van der Waals surface area (Å²) in [6, 6.07) is 5.93. The molecule has 6 heteroatoms. The van der Waals surface area contributed by atoms with E-state index >= 15 is 0 Å². The molecule has 0 fully saturated rings. The Balaban J connectivity index is 1.80. The average molecular weight is 306 g/mol. The number of nitrogens with one attached hydrogen (secondary N) is 2. The SMILES string of the molecule is Cc1ccc(F)cc1NC(=O)CCNC(=O)c1ccsc1. The third-order valence-corrected chi connectivity index (χ3v) is 3.58. The summed E-state index contributed by atoms with van der Waals surface area (Å²) >= 11 is 1.44. The van der Waals surface area contributed by atoms with Crippen LogP contribution in [0.3, 0.4) is 0 Å². The lowest BCUT2D eigenvalue weighted by atomic mass is 10.2. The van der Waals surface area contributed by atoms with Crippen molar-refractivity contribution in [3.05, 3.63) is 52.0 Å². The second-order valence-corrected chi connectivity index (χ2v) is 5.31. The highest BCUT2D eigenvalue weighted by molar-refractivity contribution is 7.08. The predicted octanol–water partition coefficient (Wildman–Crippen LogP) is 2.95. The van der Waals surface area contributed by atoms with Gasteiger partial charge in [-0.05, 0) is 36.1 Å². The number of hydrogen-bond acceptors (Lipinski definition) is 3. The molecule has 0 radical (unpaired) electrons. The lowest BCUT2D eigenvalue weighted by Gasteiger charge is -2.09. The number of aryl methyl sites for hydroxylation is 1. The minimum atomic E-state index is -0.401. The van der Waals surface area contributed by atoms with Gasteiger partial charge in [-0.15, -0.1) is 0 Å². The largest absolute Gasteiger partial charge is 0.351 e. The number of carbonyl (C=O) groups is 2. The molecule has 0 aliphatic heterocycles. The fraction of sp³-hybridized carbons (Fsp3) is 0.200. The quantitative estimate of drug-likeness (QED) is 0.892. The molecule has 110 valence electrons. The molecule has 2 N–H and O–H groups in total. The Hall–Kier alpha value is -2.21. The molecule has 2 amide bonds. The first-order valence-corrected chi connectivity index (χ1v) is 7.37. The van der Waals surface area contributed by atoms with Gasteiger partial charge in [0.25, 0.3) is 5.91 Å². The highest BCUT2D eigenvalue weighted by Gasteiger charge is 2.08. The van der Waals surface area contributed by atoms with Crippen molar-refractivity contribution in [3.63, 3.8) is 0 Å². The summed E-state index contributed by atoms with van der Waals surface area (Å²) in [5, 5.41) is 8.85. The number of benzene rings is 1. The van der Waals surface area contributed by atoms with Gasteiger partial charge in [0.2, 0.25) is 5.91 Å². The Kier molecular flexibility index (Phi) is 5.05. The van der Waals surface area contributed by atoms with Crippen LogP contribution in [0.4, 0.5) is 10.1 Å². The molecule has 1 heterocycles. The van der Waals surface area contributed by atoms with Crippen LogP contribution in [0.1, 0.15) is 22.3 Å². The van der Waals surface area contributed by atoms with Crippen LogP contribution in [0.5, 0.6) is 0 Å². The fourth-order valence-electron chi connectivity index (χ4n) is 1.73. The van der Waals surface area contributed by atoms with Crippen LogP contribution < -0.4 is 10.6 Å². The molecule has 0 bridgehead atoms. The van der Waals surface area contributed by atoms with Crippen molar-refractivity contribution in [3.8, 4) is 0 Å². The zero-order valence-corrected chi connectivity index (χ0v) is 12.3. The Morgan fingerprint density at radius 1 is 1.29 bits per heavy atom. The van der Waals surface area contributed by atoms with Crippen LogP contribution in [0.15, 0.2) is 35.0 Å². The number of halogens is 1. The molecule has 0 spiro atoms. The maximum absolute atomic E-state index is 13.1. The molecule has 2 rings (SSSR count). The van der Waals surface area contributed by atoms with Crippen LogP contribution >= 0.6 is 11.3 Å². The Bertz CT molecular complexity index is 641. The van der Waals surface area contributed by atoms with E-state index in [0.29, 0.717) is 11.3 Å². The summed E-state index contributed by atoms with van der Waals surface area (Å²) in [6.45, 7) is 2.02. The van der Waals surface area contributed by atoms with E-state index in [1.807, 2.05) is 5.38 Å². The van der Waals surface area contributed by atoms with Crippen molar-refractivity contribution in [2.75, 3.05) is 11.9 Å². The van der Waals surface area contributed by atoms with Gasteiger partial charge in [-0.3, -0.25) is 9.59 Å². The van der Waals surface area contributed by atoms with Gasteiger partial charge in [0.05, 0.1) is 0 Å². The van der Waals surface area contributed by atoms with Gasteiger partial charge in [0.15, 0.2) is 0 Å². The highest BCUT2D eigenvalue weighted by atomic mass is 32.1. The first-order valence-electron chi connectivity index (χ1n) is 6.42. The molecular formula is C15H15FN2O2S. The standard InChI is InChI=1S/C15H15FN2O2S/c1-10-2-3-12(16)8-13(10)18-14(19)4-6-17-15(20)11-5-7-21-9-11/h2-3,5,7-9H,4,6H2,1H3,(H,17,20)(H,18,19). The number of carbonyl (C=O) groups excluding carboxylic acids is 2. The molecule has 21 heavy (non-hydrogen) atoms. The number of thiophene rings is 1. The molecule has 2 aromatic rings. The Labute approximate surface area is 126 Å². The van der Waals surface area contributed by atoms with E-state index in [2.05, 4.69) is 10.6 Å². The van der Waals surface area contributed by atoms with E-state index in [1.54, 1.807) is 24.4 Å². The van der Waals surface area contributed by atoms with Crippen molar-refractivity contribution >= 4 is 28.8 Å². The van der Waals surface area contributed by atoms with Crippen molar-refractivity contribution < 1.29 is 14.0 Å². The molecule has 0 saturated heterocycles. The second-order valence-electron chi connectivity index (χ2n) is 4.53. The topological polar surface area (TPSA) is 58.2 Å². The molecule has 4 nitrogen and oxygen atoms in total. The van der Waals surface area contributed by atoms with Crippen LogP contribution in [0.25, 0.3) is 0 Å². The van der Waals surface area contributed by atoms with E-state index in [-0.39, 0.29) is 24.8 Å². The van der Waals surface area contributed by atoms with E-state index < -0.39 is 5.82 Å². The number of amides is 2. The van der Waals surface area contributed by atoms with E-state index in [9.17, 15) is 14.0 Å². The van der Waals surface area contributed by atoms with Gasteiger partial charge in [-0.25, -0.2) is 4.39 Å². The minimum Gasteiger partial charge on any atom is -0.351 e. The molecule has 0 atom stereocenters. The molecule has 0 unspecified atom stereocenters. The van der Waals surface area contributed by atoms with Crippen LogP contribution in [0.2, 0.25) is 0 Å². The summed E-state index contributed by atoms with van der Waals surface area (Å²) in [4.78, 5) is 23.4. The highest BCUT2D eigenvalue weighted by Crippen LogP contribution is 2.16. The predicted molar refractivity (Wildman–Crippen MR) is 81.0 cm³/mol. The van der Waals surface area contributed by atoms with Gasteiger partial charge in [0.1, 0.15) is 5.82 Å². The van der Waals surface area contributed by atoms with Gasteiger partial charge in [-0.1, -0.05) is 6.07 Å². The summed E-state index contributed by atoms with van der Waals surface area (Å²) < 4.78 is 13.1. The normalized spacial score (nSPS) is 10.2. The van der Waals surface area contributed by atoms with E-state index in [0.717, 1.165) is 5.56 Å². The van der Waals surface area contributed by atoms with Crippen LogP contribution in [-0.2, 0) is 4.79 Å². The van der Waals surface area contributed by atoms with Crippen molar-refractivity contribution in [1.82, 2.24) is 5.32 Å². The number of rotatable bonds is 5. The van der Waals surface area contributed by atoms with Gasteiger partial charge in [0, 0.05) is 29.6 Å². The van der Waals surface area contributed by atoms with Crippen LogP contribution in [0, 0.1) is 12.7 Å². The smallest absolute Gasteiger partial charge is 0.252 e. The molecule has 0 aliphatic rings. The number of hydrogen-bond donors (Lipinski definition) is 2. The Morgan fingerprint density at radius 3 is 2.81 bits per heavy atom. The second kappa shape index (κ2) is 6.99. The number of anilines is 1. The van der Waals surface area contributed by atoms with E-state index in [1.165, 1.54) is 23.5 Å². The average Bonchev–Trinajstić information content (AvgIpc) is 2.97. The van der Waals surface area contributed by atoms with Crippen molar-refractivity contribution in [1.29, 1.82) is 0 Å². The van der Waals surface area contributed by atoms with E-state index in [4.69, 9.17) is 0 Å². The summed E-state index contributed by atoms with van der Waals surface area (Å²) in [7, 11) is 0. The van der Waals surface area contributed by atoms with Gasteiger partial charge in [-0.2, -0.15) is 11.3 Å². The molecule has 1 aromatic heterocycles. The van der Waals surface area contributed by atoms with Crippen molar-refractivity contribution in [2.45, 2.75) is 13.3 Å². The maximum atomic E-state index is 13.1. The maximum Gasteiger partial charge on any atom is 0.252 e. The lowest BCUT2D eigenvalue weighted by molar-refractivity contribution is -0.116.